The van der Waals surface area contributed by atoms with Crippen molar-refractivity contribution in [2.75, 3.05) is 13.7 Å². The van der Waals surface area contributed by atoms with Crippen LogP contribution >= 0.6 is 0 Å². The van der Waals surface area contributed by atoms with Crippen LogP contribution in [0.4, 0.5) is 0 Å². The second kappa shape index (κ2) is 16.7. The van der Waals surface area contributed by atoms with E-state index in [2.05, 4.69) is 12.3 Å². The molecule has 0 spiro atoms. The van der Waals surface area contributed by atoms with Gasteiger partial charge in [0.25, 0.3) is 0 Å². The van der Waals surface area contributed by atoms with Gasteiger partial charge in [0, 0.05) is 6.54 Å². The lowest BCUT2D eigenvalue weighted by atomic mass is 10.0. The largest absolute Gasteiger partial charge is 0.468 e. The van der Waals surface area contributed by atoms with Crippen LogP contribution in [0.25, 0.3) is 0 Å². The molecule has 0 aliphatic heterocycles. The number of esters is 1. The minimum absolute atomic E-state index is 0.257. The molecule has 0 unspecified atom stereocenters. The molecule has 0 aliphatic rings. The quantitative estimate of drug-likeness (QED) is 0.135. The molecule has 6 nitrogen and oxygen atoms in total. The van der Waals surface area contributed by atoms with E-state index in [1.807, 2.05) is 13.8 Å². The van der Waals surface area contributed by atoms with Crippen LogP contribution in [0.2, 0.25) is 0 Å². The van der Waals surface area contributed by atoms with Crippen molar-refractivity contribution in [2.45, 2.75) is 97.4 Å². The molecule has 0 radical (unpaired) electrons. The van der Waals surface area contributed by atoms with Gasteiger partial charge in [-0.2, -0.15) is 0 Å². The number of nitrogens with zero attached hydrogens (tertiary/aromatic N) is 1. The maximum Gasteiger partial charge on any atom is 0.324 e. The molecule has 0 aliphatic carbocycles. The van der Waals surface area contributed by atoms with Crippen LogP contribution in [-0.4, -0.2) is 42.9 Å². The van der Waals surface area contributed by atoms with Gasteiger partial charge in [0.1, 0.15) is 6.04 Å². The number of hydrogen-bond donors (Lipinski definition) is 1. The third-order valence-electron chi connectivity index (χ3n) is 4.61. The average molecular weight is 385 g/mol. The monoisotopic (exact) mass is 384 g/mol. The minimum atomic E-state index is -0.649. The molecule has 1 amide bonds. The molecule has 0 saturated heterocycles. The number of hydrogen-bond acceptors (Lipinski definition) is 5. The smallest absolute Gasteiger partial charge is 0.324 e. The van der Waals surface area contributed by atoms with Gasteiger partial charge in [0.05, 0.1) is 7.11 Å². The molecule has 0 aromatic carbocycles. The highest BCUT2D eigenvalue weighted by molar-refractivity contribution is 6.23. The molecule has 0 aromatic rings. The van der Waals surface area contributed by atoms with E-state index in [1.54, 1.807) is 0 Å². The van der Waals surface area contributed by atoms with Crippen molar-refractivity contribution in [3.63, 3.8) is 0 Å². The van der Waals surface area contributed by atoms with E-state index in [1.165, 1.54) is 57.1 Å². The number of methoxy groups -OCH3 is 1. The Bertz CT molecular complexity index is 413. The van der Waals surface area contributed by atoms with Crippen molar-refractivity contribution >= 4 is 18.2 Å². The third-order valence-corrected chi connectivity index (χ3v) is 4.61. The Labute approximate surface area is 165 Å². The normalized spacial score (nSPS) is 12.0. The van der Waals surface area contributed by atoms with Gasteiger partial charge in [0.15, 0.2) is 0 Å². The molecule has 0 bridgehead atoms. The molecule has 27 heavy (non-hydrogen) atoms. The zero-order valence-electron chi connectivity index (χ0n) is 17.8. The van der Waals surface area contributed by atoms with E-state index in [0.717, 1.165) is 19.3 Å². The maximum atomic E-state index is 11.9. The molecule has 0 saturated carbocycles. The zero-order valence-corrected chi connectivity index (χ0v) is 17.8. The van der Waals surface area contributed by atoms with Crippen LogP contribution in [0.1, 0.15) is 91.4 Å². The summed E-state index contributed by atoms with van der Waals surface area (Å²) in [5.41, 5.74) is 2.90. The fraction of sp³-hybridized carbons (Fsp3) is 0.857. The second-order valence-corrected chi connectivity index (χ2v) is 7.62. The van der Waals surface area contributed by atoms with Gasteiger partial charge in [-0.05, 0) is 18.8 Å². The van der Waals surface area contributed by atoms with Gasteiger partial charge in [-0.25, -0.2) is 5.43 Å². The number of ether oxygens (including phenoxy) is 1. The lowest BCUT2D eigenvalue weighted by Gasteiger charge is -2.27. The highest BCUT2D eigenvalue weighted by Crippen LogP contribution is 2.11. The summed E-state index contributed by atoms with van der Waals surface area (Å²) in [5.74, 6) is -0.814. The molecule has 0 fully saturated rings. The summed E-state index contributed by atoms with van der Waals surface area (Å²) in [6.07, 6.45) is 12.8. The molecule has 0 heterocycles. The summed E-state index contributed by atoms with van der Waals surface area (Å²) in [5, 5.41) is 1.27. The first kappa shape index (κ1) is 25.6. The lowest BCUT2D eigenvalue weighted by molar-refractivity contribution is -0.149. The standard InChI is InChI=1S/C21H40N2O4/c1-5-6-7-8-9-10-11-12-13-14-15-23(20(25)17-24)22-19(16-18(2)3)21(26)27-4/h17-19,22H,5-16H2,1-4H3/t19-/m0/s1. The fourth-order valence-corrected chi connectivity index (χ4v) is 3.06. The SMILES string of the molecule is CCCCCCCCCCCCN(N[C@@H](CC(C)C)C(=O)OC)C(=O)C=O. The number of unbranched alkanes of at least 4 members (excludes halogenated alkanes) is 9. The van der Waals surface area contributed by atoms with Crippen molar-refractivity contribution in [3.05, 3.63) is 0 Å². The van der Waals surface area contributed by atoms with Gasteiger partial charge >= 0.3 is 11.9 Å². The van der Waals surface area contributed by atoms with E-state index in [-0.39, 0.29) is 12.2 Å². The molecular weight excluding hydrogens is 344 g/mol. The number of hydrazine groups is 1. The van der Waals surface area contributed by atoms with Crippen molar-refractivity contribution in [1.82, 2.24) is 10.4 Å². The van der Waals surface area contributed by atoms with Gasteiger partial charge < -0.3 is 4.74 Å². The van der Waals surface area contributed by atoms with E-state index >= 15 is 0 Å². The van der Waals surface area contributed by atoms with Crippen molar-refractivity contribution in [3.8, 4) is 0 Å². The molecule has 0 rings (SSSR count). The Hall–Kier alpha value is -1.43. The predicted octanol–water partition coefficient (Wildman–Crippen LogP) is 4.03. The summed E-state index contributed by atoms with van der Waals surface area (Å²) in [6.45, 7) is 6.63. The highest BCUT2D eigenvalue weighted by Gasteiger charge is 2.25. The number of aldehydes is 1. The van der Waals surface area contributed by atoms with Crippen molar-refractivity contribution < 1.29 is 19.1 Å². The number of amides is 1. The van der Waals surface area contributed by atoms with Crippen molar-refractivity contribution in [2.24, 2.45) is 5.92 Å². The van der Waals surface area contributed by atoms with Crippen LogP contribution in [0.15, 0.2) is 0 Å². The predicted molar refractivity (Wildman–Crippen MR) is 108 cm³/mol. The van der Waals surface area contributed by atoms with Gasteiger partial charge in [-0.15, -0.1) is 0 Å². The highest BCUT2D eigenvalue weighted by atomic mass is 16.5. The van der Waals surface area contributed by atoms with E-state index in [0.29, 0.717) is 13.0 Å². The Morgan fingerprint density at radius 1 is 0.963 bits per heavy atom. The Morgan fingerprint density at radius 2 is 1.48 bits per heavy atom. The number of nitrogens with one attached hydrogen (secondary N) is 1. The lowest BCUT2D eigenvalue weighted by Crippen LogP contribution is -2.52. The summed E-state index contributed by atoms with van der Waals surface area (Å²) in [7, 11) is 1.32. The molecule has 1 atom stereocenters. The molecule has 1 N–H and O–H groups in total. The van der Waals surface area contributed by atoms with E-state index in [9.17, 15) is 14.4 Å². The van der Waals surface area contributed by atoms with Gasteiger partial charge in [0.2, 0.25) is 6.29 Å². The Balaban J connectivity index is 4.21. The molecule has 6 heteroatoms. The minimum Gasteiger partial charge on any atom is -0.468 e. The van der Waals surface area contributed by atoms with Crippen molar-refractivity contribution in [1.29, 1.82) is 0 Å². The molecular formula is C21H40N2O4. The van der Waals surface area contributed by atoms with E-state index < -0.39 is 17.9 Å². The van der Waals surface area contributed by atoms with Crippen LogP contribution in [0.3, 0.4) is 0 Å². The van der Waals surface area contributed by atoms with Crippen LogP contribution in [0, 0.1) is 5.92 Å². The van der Waals surface area contributed by atoms with Gasteiger partial charge in [-0.3, -0.25) is 19.4 Å². The van der Waals surface area contributed by atoms with Crippen LogP contribution < -0.4 is 5.43 Å². The van der Waals surface area contributed by atoms with Crippen LogP contribution in [-0.2, 0) is 19.1 Å². The first-order valence-corrected chi connectivity index (χ1v) is 10.6. The second-order valence-electron chi connectivity index (χ2n) is 7.62. The average Bonchev–Trinajstić information content (AvgIpc) is 2.65. The Morgan fingerprint density at radius 3 is 1.93 bits per heavy atom. The van der Waals surface area contributed by atoms with Crippen LogP contribution in [0.5, 0.6) is 0 Å². The first-order chi connectivity index (χ1) is 13.0. The summed E-state index contributed by atoms with van der Waals surface area (Å²) < 4.78 is 4.80. The number of carbonyl (C=O) groups is 3. The first-order valence-electron chi connectivity index (χ1n) is 10.6. The fourth-order valence-electron chi connectivity index (χ4n) is 3.06. The Kier molecular flexibility index (Phi) is 15.8. The number of rotatable bonds is 17. The summed E-state index contributed by atoms with van der Waals surface area (Å²) >= 11 is 0. The molecule has 158 valence electrons. The maximum absolute atomic E-state index is 11.9. The topological polar surface area (TPSA) is 75.7 Å². The number of carbonyl (C=O) groups excluding carboxylic acids is 3. The summed E-state index contributed by atoms with van der Waals surface area (Å²) in [6, 6.07) is -0.623. The van der Waals surface area contributed by atoms with Gasteiger partial charge in [-0.1, -0.05) is 78.6 Å². The summed E-state index contributed by atoms with van der Waals surface area (Å²) in [4.78, 5) is 34.7. The molecule has 0 aromatic heterocycles. The van der Waals surface area contributed by atoms with E-state index in [4.69, 9.17) is 4.74 Å². The third kappa shape index (κ3) is 13.4. The zero-order chi connectivity index (χ0) is 20.5.